The van der Waals surface area contributed by atoms with Crippen LogP contribution >= 0.6 is 23.6 Å². The SMILES string of the molecule is NOOSc1cc(C2(O)NC(=O)c3ccccc32)ccc1Cl. The summed E-state index contributed by atoms with van der Waals surface area (Å²) in [6.45, 7) is 0. The zero-order chi connectivity index (χ0) is 15.7. The molecule has 0 radical (unpaired) electrons. The number of hydrogen-bond donors (Lipinski definition) is 3. The highest BCUT2D eigenvalue weighted by molar-refractivity contribution is 7.94. The molecule has 1 amide bonds. The molecule has 3 rings (SSSR count). The lowest BCUT2D eigenvalue weighted by atomic mass is 9.94. The number of amides is 1. The standard InChI is InChI=1S/C14H11ClN2O4S/c15-11-6-5-8(7-12(11)22-21-20-16)14(19)10-4-2-1-3-9(10)13(18)17-14/h1-7,19H,16H2,(H,17,18). The van der Waals surface area contributed by atoms with Crippen LogP contribution in [0.25, 0.3) is 0 Å². The minimum absolute atomic E-state index is 0.344. The van der Waals surface area contributed by atoms with Crippen molar-refractivity contribution in [3.05, 3.63) is 64.2 Å². The molecule has 0 aromatic heterocycles. The second-order valence-corrected chi connectivity index (χ2v) is 5.75. The van der Waals surface area contributed by atoms with Crippen LogP contribution < -0.4 is 11.2 Å². The number of aliphatic hydroxyl groups is 1. The van der Waals surface area contributed by atoms with Gasteiger partial charge in [-0.1, -0.05) is 35.9 Å². The average molecular weight is 339 g/mol. The monoisotopic (exact) mass is 338 g/mol. The molecule has 0 fully saturated rings. The van der Waals surface area contributed by atoms with Crippen LogP contribution in [0.3, 0.4) is 0 Å². The predicted molar refractivity (Wildman–Crippen MR) is 80.6 cm³/mol. The molecule has 0 spiro atoms. The van der Waals surface area contributed by atoms with Crippen molar-refractivity contribution in [2.45, 2.75) is 10.6 Å². The Kier molecular flexibility index (Phi) is 4.09. The van der Waals surface area contributed by atoms with E-state index in [2.05, 4.69) is 14.6 Å². The van der Waals surface area contributed by atoms with Gasteiger partial charge in [0, 0.05) is 16.7 Å². The van der Waals surface area contributed by atoms with E-state index in [1.54, 1.807) is 42.5 Å². The van der Waals surface area contributed by atoms with Crippen LogP contribution in [0.5, 0.6) is 0 Å². The Labute approximate surface area is 135 Å². The molecule has 1 unspecified atom stereocenters. The van der Waals surface area contributed by atoms with Gasteiger partial charge in [-0.25, -0.2) is 0 Å². The second-order valence-electron chi connectivity index (χ2n) is 4.60. The first-order valence-electron chi connectivity index (χ1n) is 6.21. The van der Waals surface area contributed by atoms with Crippen molar-refractivity contribution in [2.24, 2.45) is 5.90 Å². The van der Waals surface area contributed by atoms with E-state index in [4.69, 9.17) is 17.5 Å². The number of nitrogens with two attached hydrogens (primary N) is 1. The van der Waals surface area contributed by atoms with Gasteiger partial charge < -0.3 is 10.4 Å². The number of carbonyl (C=O) groups excluding carboxylic acids is 1. The van der Waals surface area contributed by atoms with Gasteiger partial charge in [0.05, 0.1) is 22.0 Å². The first-order chi connectivity index (χ1) is 10.6. The third-order valence-corrected chi connectivity index (χ3v) is 4.47. The third-order valence-electron chi connectivity index (χ3n) is 3.37. The molecule has 2 aromatic carbocycles. The second kappa shape index (κ2) is 5.88. The summed E-state index contributed by atoms with van der Waals surface area (Å²) in [6.07, 6.45) is 0. The Balaban J connectivity index is 2.06. The highest BCUT2D eigenvalue weighted by Crippen LogP contribution is 2.38. The van der Waals surface area contributed by atoms with E-state index >= 15 is 0 Å². The summed E-state index contributed by atoms with van der Waals surface area (Å²) in [5.74, 6) is 4.46. The molecular weight excluding hydrogens is 328 g/mol. The average Bonchev–Trinajstić information content (AvgIpc) is 2.79. The molecule has 8 heteroatoms. The van der Waals surface area contributed by atoms with Crippen LogP contribution in [0.1, 0.15) is 21.5 Å². The Morgan fingerprint density at radius 1 is 1.27 bits per heavy atom. The van der Waals surface area contributed by atoms with Crippen molar-refractivity contribution < 1.29 is 19.2 Å². The number of hydrogen-bond acceptors (Lipinski definition) is 6. The number of rotatable bonds is 4. The zero-order valence-electron chi connectivity index (χ0n) is 11.1. The van der Waals surface area contributed by atoms with E-state index in [0.29, 0.717) is 26.6 Å². The molecule has 6 nitrogen and oxygen atoms in total. The number of benzene rings is 2. The zero-order valence-corrected chi connectivity index (χ0v) is 12.6. The number of carbonyl (C=O) groups is 1. The minimum Gasteiger partial charge on any atom is -0.363 e. The first kappa shape index (κ1) is 15.3. The normalized spacial score (nSPS) is 19.9. The Morgan fingerprint density at radius 3 is 2.82 bits per heavy atom. The van der Waals surface area contributed by atoms with E-state index in [0.717, 1.165) is 12.0 Å². The molecule has 0 aliphatic carbocycles. The topological polar surface area (TPSA) is 93.8 Å². The van der Waals surface area contributed by atoms with Crippen LogP contribution in [0, 0.1) is 0 Å². The summed E-state index contributed by atoms with van der Waals surface area (Å²) in [5.41, 5.74) is -0.278. The maximum atomic E-state index is 12.0. The lowest BCUT2D eigenvalue weighted by Gasteiger charge is -2.25. The van der Waals surface area contributed by atoms with Crippen molar-refractivity contribution in [3.63, 3.8) is 0 Å². The van der Waals surface area contributed by atoms with Gasteiger partial charge in [0.15, 0.2) is 5.72 Å². The van der Waals surface area contributed by atoms with Crippen molar-refractivity contribution in [2.75, 3.05) is 0 Å². The van der Waals surface area contributed by atoms with E-state index in [1.165, 1.54) is 0 Å². The van der Waals surface area contributed by atoms with Crippen molar-refractivity contribution in [3.8, 4) is 0 Å². The first-order valence-corrected chi connectivity index (χ1v) is 7.32. The van der Waals surface area contributed by atoms with Gasteiger partial charge in [-0.15, -0.1) is 9.32 Å². The van der Waals surface area contributed by atoms with Crippen LogP contribution in [-0.4, -0.2) is 11.0 Å². The number of halogens is 1. The largest absolute Gasteiger partial charge is 0.363 e. The Morgan fingerprint density at radius 2 is 2.05 bits per heavy atom. The fourth-order valence-corrected chi connectivity index (χ4v) is 3.02. The van der Waals surface area contributed by atoms with Gasteiger partial charge in [-0.2, -0.15) is 5.90 Å². The van der Waals surface area contributed by atoms with Gasteiger partial charge in [-0.3, -0.25) is 4.79 Å². The summed E-state index contributed by atoms with van der Waals surface area (Å²) >= 11 is 6.84. The lowest BCUT2D eigenvalue weighted by molar-refractivity contribution is -0.195. The molecular formula is C14H11ClN2O4S. The quantitative estimate of drug-likeness (QED) is 0.449. The van der Waals surface area contributed by atoms with Gasteiger partial charge in [0.25, 0.3) is 5.91 Å². The number of nitrogens with one attached hydrogen (secondary N) is 1. The smallest absolute Gasteiger partial charge is 0.254 e. The highest BCUT2D eigenvalue weighted by Gasteiger charge is 2.42. The predicted octanol–water partition coefficient (Wildman–Crippen LogP) is 2.11. The highest BCUT2D eigenvalue weighted by atomic mass is 35.5. The van der Waals surface area contributed by atoms with Crippen LogP contribution in [0.2, 0.25) is 5.02 Å². The summed E-state index contributed by atoms with van der Waals surface area (Å²) < 4.78 is 4.58. The molecule has 114 valence electrons. The van der Waals surface area contributed by atoms with Crippen molar-refractivity contribution >= 4 is 29.6 Å². The Bertz CT molecular complexity index is 743. The molecule has 0 saturated carbocycles. The lowest BCUT2D eigenvalue weighted by Crippen LogP contribution is -2.40. The molecule has 1 atom stereocenters. The van der Waals surface area contributed by atoms with Gasteiger partial charge >= 0.3 is 0 Å². The summed E-state index contributed by atoms with van der Waals surface area (Å²) in [6, 6.07) is 11.6. The van der Waals surface area contributed by atoms with Gasteiger partial charge in [-0.05, 0) is 18.2 Å². The molecule has 2 aromatic rings. The summed E-state index contributed by atoms with van der Waals surface area (Å²) in [5, 5.41) is 13.9. The van der Waals surface area contributed by atoms with Gasteiger partial charge in [0.2, 0.25) is 0 Å². The molecule has 1 heterocycles. The van der Waals surface area contributed by atoms with Crippen molar-refractivity contribution in [1.29, 1.82) is 0 Å². The maximum absolute atomic E-state index is 12.0. The molecule has 1 aliphatic rings. The van der Waals surface area contributed by atoms with E-state index < -0.39 is 5.72 Å². The molecule has 1 aliphatic heterocycles. The van der Waals surface area contributed by atoms with Crippen molar-refractivity contribution in [1.82, 2.24) is 5.32 Å². The van der Waals surface area contributed by atoms with E-state index in [1.807, 2.05) is 0 Å². The fourth-order valence-electron chi connectivity index (χ4n) is 2.37. The molecule has 0 bridgehead atoms. The van der Waals surface area contributed by atoms with Crippen LogP contribution in [0.15, 0.2) is 47.4 Å². The van der Waals surface area contributed by atoms with E-state index in [-0.39, 0.29) is 5.91 Å². The van der Waals surface area contributed by atoms with Crippen LogP contribution in [-0.2, 0) is 15.0 Å². The number of fused-ring (bicyclic) bond motifs is 1. The van der Waals surface area contributed by atoms with Crippen LogP contribution in [0.4, 0.5) is 0 Å². The van der Waals surface area contributed by atoms with Gasteiger partial charge in [0.1, 0.15) is 0 Å². The van der Waals surface area contributed by atoms with E-state index in [9.17, 15) is 9.90 Å². The minimum atomic E-state index is -1.63. The summed E-state index contributed by atoms with van der Waals surface area (Å²) in [4.78, 5) is 16.5. The molecule has 4 N–H and O–H groups in total. The Hall–Kier alpha value is -1.61. The molecule has 22 heavy (non-hydrogen) atoms. The summed E-state index contributed by atoms with van der Waals surface area (Å²) in [7, 11) is 0. The fraction of sp³-hybridized carbons (Fsp3) is 0.0714. The third kappa shape index (κ3) is 2.48. The molecule has 0 saturated heterocycles. The maximum Gasteiger partial charge on any atom is 0.254 e.